The SMILES string of the molecule is CN1Cc2c(c(O)c3ncc(Cc4ccc(F)cc4)cc3c2OC(C)(C)C(=O)O)C1=O. The summed E-state index contributed by atoms with van der Waals surface area (Å²) in [6.45, 7) is 3.00. The summed E-state index contributed by atoms with van der Waals surface area (Å²) in [7, 11) is 1.59. The van der Waals surface area contributed by atoms with Crippen LogP contribution in [0, 0.1) is 5.82 Å². The standard InChI is InChI=1S/C23H21FN2O5/c1-23(2,22(29)30)31-20-15-9-13(8-12-4-6-14(24)7-5-12)10-25-18(15)19(27)17-16(20)11-26(3)21(17)28/h4-7,9-10,27H,8,11H2,1-3H3,(H,29,30). The highest BCUT2D eigenvalue weighted by Crippen LogP contribution is 2.44. The molecule has 2 aromatic carbocycles. The molecule has 3 aromatic rings. The fraction of sp³-hybridized carbons (Fsp3) is 0.261. The Labute approximate surface area is 177 Å². The van der Waals surface area contributed by atoms with Crippen molar-refractivity contribution in [2.75, 3.05) is 7.05 Å². The van der Waals surface area contributed by atoms with Crippen molar-refractivity contribution in [1.29, 1.82) is 0 Å². The van der Waals surface area contributed by atoms with Gasteiger partial charge < -0.3 is 19.8 Å². The largest absolute Gasteiger partial charge is 0.505 e. The van der Waals surface area contributed by atoms with Crippen molar-refractivity contribution in [3.05, 3.63) is 64.6 Å². The van der Waals surface area contributed by atoms with Crippen LogP contribution in [0.4, 0.5) is 4.39 Å². The van der Waals surface area contributed by atoms with Gasteiger partial charge in [0, 0.05) is 24.2 Å². The zero-order chi connectivity index (χ0) is 22.5. The topological polar surface area (TPSA) is 100.0 Å². The third-order valence-electron chi connectivity index (χ3n) is 5.38. The van der Waals surface area contributed by atoms with Crippen LogP contribution in [0.5, 0.6) is 11.5 Å². The molecule has 1 aliphatic rings. The summed E-state index contributed by atoms with van der Waals surface area (Å²) in [5.74, 6) is -1.93. The number of carboxylic acids is 1. The van der Waals surface area contributed by atoms with E-state index in [-0.39, 0.29) is 40.8 Å². The Hall–Kier alpha value is -3.68. The summed E-state index contributed by atoms with van der Waals surface area (Å²) < 4.78 is 19.1. The fourth-order valence-electron chi connectivity index (χ4n) is 3.64. The van der Waals surface area contributed by atoms with Gasteiger partial charge in [-0.1, -0.05) is 12.1 Å². The van der Waals surface area contributed by atoms with Crippen LogP contribution in [0.2, 0.25) is 0 Å². The molecular weight excluding hydrogens is 403 g/mol. The van der Waals surface area contributed by atoms with E-state index < -0.39 is 11.6 Å². The van der Waals surface area contributed by atoms with Gasteiger partial charge in [-0.25, -0.2) is 9.18 Å². The number of aliphatic carboxylic acids is 1. The lowest BCUT2D eigenvalue weighted by Crippen LogP contribution is -2.38. The molecule has 2 heterocycles. The number of hydrogen-bond acceptors (Lipinski definition) is 5. The predicted molar refractivity (Wildman–Crippen MR) is 111 cm³/mol. The van der Waals surface area contributed by atoms with Gasteiger partial charge in [-0.15, -0.1) is 0 Å². The quantitative estimate of drug-likeness (QED) is 0.650. The fourth-order valence-corrected chi connectivity index (χ4v) is 3.64. The first-order chi connectivity index (χ1) is 14.6. The second-order valence-corrected chi connectivity index (χ2v) is 8.15. The van der Waals surface area contributed by atoms with Crippen LogP contribution in [-0.4, -0.2) is 44.6 Å². The van der Waals surface area contributed by atoms with Crippen molar-refractivity contribution in [2.45, 2.75) is 32.4 Å². The summed E-state index contributed by atoms with van der Waals surface area (Å²) in [6, 6.07) is 7.82. The van der Waals surface area contributed by atoms with Crippen molar-refractivity contribution in [3.8, 4) is 11.5 Å². The molecule has 31 heavy (non-hydrogen) atoms. The summed E-state index contributed by atoms with van der Waals surface area (Å²) in [6.07, 6.45) is 2.01. The molecule has 0 bridgehead atoms. The molecule has 0 saturated heterocycles. The van der Waals surface area contributed by atoms with Crippen LogP contribution >= 0.6 is 0 Å². The number of ether oxygens (including phenoxy) is 1. The van der Waals surface area contributed by atoms with Gasteiger partial charge >= 0.3 is 5.97 Å². The molecule has 0 atom stereocenters. The minimum atomic E-state index is -1.57. The van der Waals surface area contributed by atoms with Crippen molar-refractivity contribution in [3.63, 3.8) is 0 Å². The molecule has 0 unspecified atom stereocenters. The number of fused-ring (bicyclic) bond motifs is 2. The first-order valence-electron chi connectivity index (χ1n) is 9.67. The Balaban J connectivity index is 1.91. The van der Waals surface area contributed by atoms with Crippen LogP contribution in [-0.2, 0) is 17.8 Å². The van der Waals surface area contributed by atoms with E-state index in [1.165, 1.54) is 30.9 Å². The molecule has 1 aromatic heterocycles. The molecule has 0 radical (unpaired) electrons. The van der Waals surface area contributed by atoms with Crippen LogP contribution in [0.1, 0.15) is 40.9 Å². The number of rotatable bonds is 5. The zero-order valence-electron chi connectivity index (χ0n) is 17.3. The maximum absolute atomic E-state index is 13.2. The zero-order valence-corrected chi connectivity index (χ0v) is 17.3. The highest BCUT2D eigenvalue weighted by atomic mass is 19.1. The number of aromatic hydroxyl groups is 1. The Kier molecular flexibility index (Phi) is 4.80. The van der Waals surface area contributed by atoms with Crippen molar-refractivity contribution < 1.29 is 28.9 Å². The molecule has 1 amide bonds. The minimum absolute atomic E-state index is 0.0740. The molecule has 8 heteroatoms. The van der Waals surface area contributed by atoms with Gasteiger partial charge in [0.1, 0.15) is 17.1 Å². The number of carboxylic acid groups (broad SMARTS) is 1. The van der Waals surface area contributed by atoms with E-state index in [1.807, 2.05) is 0 Å². The molecule has 0 spiro atoms. The monoisotopic (exact) mass is 424 g/mol. The van der Waals surface area contributed by atoms with Gasteiger partial charge in [0.05, 0.1) is 12.1 Å². The summed E-state index contributed by atoms with van der Waals surface area (Å²) >= 11 is 0. The maximum Gasteiger partial charge on any atom is 0.347 e. The Morgan fingerprint density at radius 3 is 2.58 bits per heavy atom. The number of benzene rings is 2. The first kappa shape index (κ1) is 20.6. The number of hydrogen-bond donors (Lipinski definition) is 2. The van der Waals surface area contributed by atoms with Gasteiger partial charge in [-0.3, -0.25) is 9.78 Å². The van der Waals surface area contributed by atoms with Gasteiger partial charge in [-0.2, -0.15) is 0 Å². The molecule has 1 aliphatic heterocycles. The Morgan fingerprint density at radius 1 is 1.26 bits per heavy atom. The lowest BCUT2D eigenvalue weighted by molar-refractivity contribution is -0.152. The number of pyridine rings is 1. The van der Waals surface area contributed by atoms with Gasteiger partial charge in [0.15, 0.2) is 11.4 Å². The van der Waals surface area contributed by atoms with Crippen molar-refractivity contribution in [2.24, 2.45) is 0 Å². The molecule has 0 saturated carbocycles. The highest BCUT2D eigenvalue weighted by Gasteiger charge is 2.37. The molecule has 160 valence electrons. The Bertz CT molecular complexity index is 1220. The van der Waals surface area contributed by atoms with Crippen LogP contribution < -0.4 is 4.74 Å². The number of nitrogens with zero attached hydrogens (tertiary/aromatic N) is 2. The van der Waals surface area contributed by atoms with Crippen LogP contribution in [0.3, 0.4) is 0 Å². The lowest BCUT2D eigenvalue weighted by atomic mass is 9.99. The second-order valence-electron chi connectivity index (χ2n) is 8.15. The number of amides is 1. The third-order valence-corrected chi connectivity index (χ3v) is 5.38. The number of phenols is 1. The smallest absolute Gasteiger partial charge is 0.347 e. The maximum atomic E-state index is 13.2. The van der Waals surface area contributed by atoms with E-state index in [2.05, 4.69) is 4.98 Å². The summed E-state index contributed by atoms with van der Waals surface area (Å²) in [5, 5.41) is 20.7. The molecule has 4 rings (SSSR count). The van der Waals surface area contributed by atoms with Gasteiger partial charge in [0.2, 0.25) is 0 Å². The average Bonchev–Trinajstić information content (AvgIpc) is 3.01. The molecule has 0 aliphatic carbocycles. The molecule has 2 N–H and O–H groups in total. The minimum Gasteiger partial charge on any atom is -0.505 e. The van der Waals surface area contributed by atoms with Crippen molar-refractivity contribution >= 4 is 22.8 Å². The summed E-state index contributed by atoms with van der Waals surface area (Å²) in [4.78, 5) is 30.0. The van der Waals surface area contributed by atoms with E-state index in [9.17, 15) is 24.2 Å². The Morgan fingerprint density at radius 2 is 1.94 bits per heavy atom. The van der Waals surface area contributed by atoms with Gasteiger partial charge in [0.25, 0.3) is 5.91 Å². The normalized spacial score (nSPS) is 13.5. The number of phenolic OH excluding ortho intramolecular Hbond substituents is 1. The molecular formula is C23H21FN2O5. The van der Waals surface area contributed by atoms with Crippen LogP contribution in [0.15, 0.2) is 36.5 Å². The highest BCUT2D eigenvalue weighted by molar-refractivity contribution is 6.08. The molecule has 7 nitrogen and oxygen atoms in total. The van der Waals surface area contributed by atoms with Crippen LogP contribution in [0.25, 0.3) is 10.9 Å². The average molecular weight is 424 g/mol. The van der Waals surface area contributed by atoms with E-state index in [4.69, 9.17) is 4.74 Å². The second kappa shape index (κ2) is 7.23. The number of aromatic nitrogens is 1. The summed E-state index contributed by atoms with van der Waals surface area (Å²) in [5.41, 5.74) is 0.693. The van der Waals surface area contributed by atoms with Crippen molar-refractivity contribution in [1.82, 2.24) is 9.88 Å². The van der Waals surface area contributed by atoms with E-state index in [1.54, 1.807) is 31.4 Å². The first-order valence-corrected chi connectivity index (χ1v) is 9.67. The van der Waals surface area contributed by atoms with Gasteiger partial charge in [-0.05, 0) is 49.6 Å². The van der Waals surface area contributed by atoms with E-state index in [0.29, 0.717) is 17.4 Å². The number of halogens is 1. The van der Waals surface area contributed by atoms with E-state index in [0.717, 1.165) is 11.1 Å². The third kappa shape index (κ3) is 3.54. The lowest BCUT2D eigenvalue weighted by Gasteiger charge is -2.24. The van der Waals surface area contributed by atoms with E-state index >= 15 is 0 Å². The predicted octanol–water partition coefficient (Wildman–Crippen LogP) is 3.50. The number of carbonyl (C=O) groups is 2. The molecule has 0 fully saturated rings. The number of carbonyl (C=O) groups excluding carboxylic acids is 1.